The maximum atomic E-state index is 12.5. The van der Waals surface area contributed by atoms with Gasteiger partial charge in [-0.15, -0.1) is 0 Å². The number of carbonyl (C=O) groups is 1. The number of anilines is 2. The predicted molar refractivity (Wildman–Crippen MR) is 48.0 cm³/mol. The highest BCUT2D eigenvalue weighted by Gasteiger charge is 2.20. The highest BCUT2D eigenvalue weighted by Crippen LogP contribution is 2.30. The molecule has 0 unspecified atom stereocenters. The summed E-state index contributed by atoms with van der Waals surface area (Å²) in [5.74, 6) is -0.102. The minimum Gasteiger partial charge on any atom is -0.399 e. The van der Waals surface area contributed by atoms with Crippen LogP contribution in [0, 0.1) is 0 Å². The number of nitrogens with two attached hydrogens (primary N) is 1. The topological polar surface area (TPSA) is 55.1 Å². The molecule has 3 nitrogen and oxygen atoms in total. The number of nitrogens with one attached hydrogen (secondary N) is 1. The quantitative estimate of drug-likeness (QED) is 0.639. The summed E-state index contributed by atoms with van der Waals surface area (Å²) in [7, 11) is 0. The SMILES string of the molecule is Nc1cc(CF)c2c(c1)CC(=O)N2. The molecule has 0 spiro atoms. The van der Waals surface area contributed by atoms with E-state index in [9.17, 15) is 9.18 Å². The van der Waals surface area contributed by atoms with Gasteiger partial charge in [0, 0.05) is 11.3 Å². The van der Waals surface area contributed by atoms with Gasteiger partial charge in [-0.2, -0.15) is 0 Å². The Balaban J connectivity index is 2.56. The molecule has 2 rings (SSSR count). The van der Waals surface area contributed by atoms with Crippen LogP contribution < -0.4 is 11.1 Å². The molecule has 0 aromatic heterocycles. The number of fused-ring (bicyclic) bond motifs is 1. The first kappa shape index (κ1) is 8.04. The summed E-state index contributed by atoms with van der Waals surface area (Å²) in [5, 5.41) is 2.61. The van der Waals surface area contributed by atoms with Crippen molar-refractivity contribution in [1.29, 1.82) is 0 Å². The molecule has 68 valence electrons. The van der Waals surface area contributed by atoms with Crippen molar-refractivity contribution in [3.05, 3.63) is 23.3 Å². The van der Waals surface area contributed by atoms with Gasteiger partial charge in [-0.3, -0.25) is 4.79 Å². The molecule has 1 aromatic rings. The van der Waals surface area contributed by atoms with E-state index >= 15 is 0 Å². The Morgan fingerprint density at radius 2 is 2.31 bits per heavy atom. The van der Waals surface area contributed by atoms with Gasteiger partial charge < -0.3 is 11.1 Å². The number of rotatable bonds is 1. The fourth-order valence-corrected chi connectivity index (χ4v) is 1.56. The van der Waals surface area contributed by atoms with Crippen molar-refractivity contribution >= 4 is 17.3 Å². The lowest BCUT2D eigenvalue weighted by Crippen LogP contribution is -2.04. The molecular weight excluding hydrogens is 171 g/mol. The van der Waals surface area contributed by atoms with Gasteiger partial charge >= 0.3 is 0 Å². The lowest BCUT2D eigenvalue weighted by molar-refractivity contribution is -0.115. The summed E-state index contributed by atoms with van der Waals surface area (Å²) >= 11 is 0. The van der Waals surface area contributed by atoms with Crippen molar-refractivity contribution in [3.63, 3.8) is 0 Å². The fraction of sp³-hybridized carbons (Fsp3) is 0.222. The molecule has 1 aliphatic rings. The molecule has 1 amide bonds. The zero-order chi connectivity index (χ0) is 9.42. The second kappa shape index (κ2) is 2.73. The van der Waals surface area contributed by atoms with Crippen LogP contribution in [0.25, 0.3) is 0 Å². The van der Waals surface area contributed by atoms with Crippen LogP contribution in [-0.4, -0.2) is 5.91 Å². The zero-order valence-electron chi connectivity index (χ0n) is 6.93. The van der Waals surface area contributed by atoms with E-state index in [0.29, 0.717) is 23.4 Å². The van der Waals surface area contributed by atoms with E-state index in [1.807, 2.05) is 0 Å². The van der Waals surface area contributed by atoms with Crippen molar-refractivity contribution in [2.45, 2.75) is 13.1 Å². The highest BCUT2D eigenvalue weighted by atomic mass is 19.1. The van der Waals surface area contributed by atoms with Gasteiger partial charge in [0.1, 0.15) is 6.67 Å². The van der Waals surface area contributed by atoms with Gasteiger partial charge in [-0.25, -0.2) is 4.39 Å². The smallest absolute Gasteiger partial charge is 0.228 e. The second-order valence-electron chi connectivity index (χ2n) is 3.07. The summed E-state index contributed by atoms with van der Waals surface area (Å²) < 4.78 is 12.5. The second-order valence-corrected chi connectivity index (χ2v) is 3.07. The van der Waals surface area contributed by atoms with Crippen LogP contribution in [0.4, 0.5) is 15.8 Å². The largest absolute Gasteiger partial charge is 0.399 e. The van der Waals surface area contributed by atoms with Crippen molar-refractivity contribution in [3.8, 4) is 0 Å². The Kier molecular flexibility index (Phi) is 1.69. The minimum absolute atomic E-state index is 0.102. The summed E-state index contributed by atoms with van der Waals surface area (Å²) in [5.41, 5.74) is 7.90. The van der Waals surface area contributed by atoms with Crippen molar-refractivity contribution in [2.24, 2.45) is 0 Å². The van der Waals surface area contributed by atoms with Crippen molar-refractivity contribution in [2.75, 3.05) is 11.1 Å². The number of halogens is 1. The molecule has 0 saturated carbocycles. The molecule has 4 heteroatoms. The molecule has 0 fully saturated rings. The number of nitrogen functional groups attached to an aromatic ring is 1. The minimum atomic E-state index is -0.604. The van der Waals surface area contributed by atoms with Crippen molar-refractivity contribution < 1.29 is 9.18 Å². The average Bonchev–Trinajstić information content (AvgIpc) is 2.43. The number of hydrogen-bond donors (Lipinski definition) is 2. The van der Waals surface area contributed by atoms with Crippen LogP contribution in [0.2, 0.25) is 0 Å². The average molecular weight is 180 g/mol. The lowest BCUT2D eigenvalue weighted by Gasteiger charge is -2.05. The summed E-state index contributed by atoms with van der Waals surface area (Å²) in [4.78, 5) is 11.0. The molecule has 1 aromatic carbocycles. The number of carbonyl (C=O) groups excluding carboxylic acids is 1. The Morgan fingerprint density at radius 3 is 3.00 bits per heavy atom. The molecule has 0 atom stereocenters. The predicted octanol–water partition coefficient (Wildman–Crippen LogP) is 1.23. The zero-order valence-corrected chi connectivity index (χ0v) is 6.93. The standard InChI is InChI=1S/C9H9FN2O/c10-4-6-2-7(11)1-5-3-8(13)12-9(5)6/h1-2H,3-4,11H2,(H,12,13). The van der Waals surface area contributed by atoms with Gasteiger partial charge in [0.25, 0.3) is 0 Å². The van der Waals surface area contributed by atoms with E-state index in [1.165, 1.54) is 0 Å². The number of alkyl halides is 1. The lowest BCUT2D eigenvalue weighted by atomic mass is 10.1. The van der Waals surface area contributed by atoms with Gasteiger partial charge in [-0.05, 0) is 17.7 Å². The van der Waals surface area contributed by atoms with Crippen LogP contribution in [0.1, 0.15) is 11.1 Å². The monoisotopic (exact) mass is 180 g/mol. The van der Waals surface area contributed by atoms with Gasteiger partial charge in [-0.1, -0.05) is 0 Å². The number of hydrogen-bond acceptors (Lipinski definition) is 2. The van der Waals surface area contributed by atoms with Crippen LogP contribution in [0.5, 0.6) is 0 Å². The maximum Gasteiger partial charge on any atom is 0.228 e. The van der Waals surface area contributed by atoms with E-state index in [-0.39, 0.29) is 5.91 Å². The Labute approximate surface area is 74.7 Å². The van der Waals surface area contributed by atoms with E-state index < -0.39 is 6.67 Å². The van der Waals surface area contributed by atoms with Gasteiger partial charge in [0.05, 0.1) is 12.1 Å². The molecule has 1 aliphatic heterocycles. The third kappa shape index (κ3) is 1.24. The van der Waals surface area contributed by atoms with E-state index in [1.54, 1.807) is 12.1 Å². The first-order valence-corrected chi connectivity index (χ1v) is 3.98. The van der Waals surface area contributed by atoms with E-state index in [0.717, 1.165) is 5.56 Å². The third-order valence-electron chi connectivity index (χ3n) is 2.08. The molecule has 0 bridgehead atoms. The molecule has 0 saturated heterocycles. The van der Waals surface area contributed by atoms with E-state index in [2.05, 4.69) is 5.32 Å². The fourth-order valence-electron chi connectivity index (χ4n) is 1.56. The summed E-state index contributed by atoms with van der Waals surface area (Å²) in [6.07, 6.45) is 0.299. The normalized spacial score (nSPS) is 14.1. The molecule has 0 radical (unpaired) electrons. The third-order valence-corrected chi connectivity index (χ3v) is 2.08. The van der Waals surface area contributed by atoms with Crippen LogP contribution >= 0.6 is 0 Å². The molecular formula is C9H9FN2O. The van der Waals surface area contributed by atoms with Gasteiger partial charge in [0.2, 0.25) is 5.91 Å². The van der Waals surface area contributed by atoms with Crippen LogP contribution in [0.15, 0.2) is 12.1 Å². The van der Waals surface area contributed by atoms with Gasteiger partial charge in [0.15, 0.2) is 0 Å². The number of amides is 1. The molecule has 0 aliphatic carbocycles. The first-order chi connectivity index (χ1) is 6.20. The Hall–Kier alpha value is -1.58. The maximum absolute atomic E-state index is 12.5. The Bertz CT molecular complexity index is 376. The molecule has 3 N–H and O–H groups in total. The Morgan fingerprint density at radius 1 is 1.54 bits per heavy atom. The number of benzene rings is 1. The van der Waals surface area contributed by atoms with Crippen molar-refractivity contribution in [1.82, 2.24) is 0 Å². The highest BCUT2D eigenvalue weighted by molar-refractivity contribution is 6.00. The van der Waals surface area contributed by atoms with Crippen LogP contribution in [0.3, 0.4) is 0 Å². The summed E-state index contributed by atoms with van der Waals surface area (Å²) in [6, 6.07) is 3.25. The molecule has 1 heterocycles. The van der Waals surface area contributed by atoms with Crippen LogP contribution in [-0.2, 0) is 17.9 Å². The summed E-state index contributed by atoms with van der Waals surface area (Å²) in [6.45, 7) is -0.604. The molecule has 13 heavy (non-hydrogen) atoms. The first-order valence-electron chi connectivity index (χ1n) is 3.98. The van der Waals surface area contributed by atoms with E-state index in [4.69, 9.17) is 5.73 Å².